The molecule has 2 nitrogen and oxygen atoms in total. The van der Waals surface area contributed by atoms with Gasteiger partial charge in [-0.15, -0.1) is 5.73 Å². The number of carbonyl (C=O) groups is 1. The van der Waals surface area contributed by atoms with Crippen molar-refractivity contribution in [2.24, 2.45) is 11.3 Å². The number of carboxylic acids is 1. The Hall–Kier alpha value is -1.01. The summed E-state index contributed by atoms with van der Waals surface area (Å²) in [5.74, 6) is -0.541. The normalized spacial score (nSPS) is 13.2. The Bertz CT molecular complexity index is 210. The van der Waals surface area contributed by atoms with Crippen LogP contribution in [0, 0.1) is 11.3 Å². The Morgan fingerprint density at radius 3 is 2.58 bits per heavy atom. The molecule has 1 atom stereocenters. The lowest BCUT2D eigenvalue weighted by Crippen LogP contribution is -2.25. The summed E-state index contributed by atoms with van der Waals surface area (Å²) in [5.41, 5.74) is 2.00. The molecule has 0 saturated heterocycles. The SMILES string of the molecule is C=C=CC(C)CC(C)(C)C(=O)O. The third-order valence-electron chi connectivity index (χ3n) is 1.81. The fourth-order valence-corrected chi connectivity index (χ4v) is 1.15. The Balaban J connectivity index is 4.23. The second-order valence-electron chi connectivity index (χ2n) is 3.74. The molecule has 2 heteroatoms. The third kappa shape index (κ3) is 3.40. The molecule has 1 unspecified atom stereocenters. The highest BCUT2D eigenvalue weighted by Crippen LogP contribution is 2.25. The first-order chi connectivity index (χ1) is 5.40. The average molecular weight is 168 g/mol. The molecule has 0 saturated carbocycles. The van der Waals surface area contributed by atoms with E-state index in [9.17, 15) is 4.79 Å². The second-order valence-corrected chi connectivity index (χ2v) is 3.74. The van der Waals surface area contributed by atoms with E-state index in [4.69, 9.17) is 5.11 Å². The van der Waals surface area contributed by atoms with Crippen LogP contribution in [0.5, 0.6) is 0 Å². The molecule has 0 aliphatic rings. The molecule has 0 aromatic rings. The van der Waals surface area contributed by atoms with Crippen LogP contribution in [0.25, 0.3) is 0 Å². The zero-order valence-corrected chi connectivity index (χ0v) is 7.92. The molecule has 12 heavy (non-hydrogen) atoms. The van der Waals surface area contributed by atoms with Gasteiger partial charge in [-0.05, 0) is 32.3 Å². The van der Waals surface area contributed by atoms with Gasteiger partial charge in [-0.1, -0.05) is 13.5 Å². The Morgan fingerprint density at radius 1 is 1.75 bits per heavy atom. The molecule has 0 heterocycles. The molecule has 0 aliphatic carbocycles. The quantitative estimate of drug-likeness (QED) is 0.655. The third-order valence-corrected chi connectivity index (χ3v) is 1.81. The molecule has 0 spiro atoms. The van der Waals surface area contributed by atoms with E-state index < -0.39 is 11.4 Å². The zero-order chi connectivity index (χ0) is 9.78. The summed E-state index contributed by atoms with van der Waals surface area (Å²) in [7, 11) is 0. The zero-order valence-electron chi connectivity index (χ0n) is 7.92. The van der Waals surface area contributed by atoms with Crippen molar-refractivity contribution in [1.29, 1.82) is 0 Å². The van der Waals surface area contributed by atoms with Crippen LogP contribution in [0.2, 0.25) is 0 Å². The van der Waals surface area contributed by atoms with Crippen molar-refractivity contribution >= 4 is 5.97 Å². The molecular weight excluding hydrogens is 152 g/mol. The number of hydrogen-bond acceptors (Lipinski definition) is 1. The van der Waals surface area contributed by atoms with Crippen molar-refractivity contribution in [1.82, 2.24) is 0 Å². The minimum Gasteiger partial charge on any atom is -0.481 e. The van der Waals surface area contributed by atoms with Gasteiger partial charge in [-0.3, -0.25) is 4.79 Å². The first-order valence-electron chi connectivity index (χ1n) is 3.99. The summed E-state index contributed by atoms with van der Waals surface area (Å²) >= 11 is 0. The average Bonchev–Trinajstić information content (AvgIpc) is 1.85. The van der Waals surface area contributed by atoms with Crippen LogP contribution in [-0.2, 0) is 4.79 Å². The van der Waals surface area contributed by atoms with Gasteiger partial charge in [0, 0.05) is 0 Å². The fraction of sp³-hybridized carbons (Fsp3) is 0.600. The van der Waals surface area contributed by atoms with Gasteiger partial charge in [0.2, 0.25) is 0 Å². The van der Waals surface area contributed by atoms with E-state index in [1.165, 1.54) is 0 Å². The Kier molecular flexibility index (Phi) is 3.78. The predicted molar refractivity (Wildman–Crippen MR) is 48.9 cm³/mol. The highest BCUT2D eigenvalue weighted by atomic mass is 16.4. The summed E-state index contributed by atoms with van der Waals surface area (Å²) < 4.78 is 0. The highest BCUT2D eigenvalue weighted by molar-refractivity contribution is 5.73. The lowest BCUT2D eigenvalue weighted by Gasteiger charge is -2.21. The van der Waals surface area contributed by atoms with Gasteiger partial charge in [0.25, 0.3) is 0 Å². The molecule has 0 rings (SSSR count). The van der Waals surface area contributed by atoms with Crippen LogP contribution in [-0.4, -0.2) is 11.1 Å². The van der Waals surface area contributed by atoms with E-state index in [2.05, 4.69) is 12.3 Å². The predicted octanol–water partition coefficient (Wildman–Crippen LogP) is 2.46. The maximum absolute atomic E-state index is 10.7. The number of hydrogen-bond donors (Lipinski definition) is 1. The van der Waals surface area contributed by atoms with Crippen molar-refractivity contribution in [2.45, 2.75) is 27.2 Å². The van der Waals surface area contributed by atoms with Crippen LogP contribution in [0.1, 0.15) is 27.2 Å². The van der Waals surface area contributed by atoms with Gasteiger partial charge in [-0.2, -0.15) is 0 Å². The van der Waals surface area contributed by atoms with Gasteiger partial charge in [-0.25, -0.2) is 0 Å². The van der Waals surface area contributed by atoms with Crippen LogP contribution in [0.4, 0.5) is 0 Å². The van der Waals surface area contributed by atoms with Gasteiger partial charge >= 0.3 is 5.97 Å². The smallest absolute Gasteiger partial charge is 0.309 e. The van der Waals surface area contributed by atoms with E-state index in [-0.39, 0.29) is 5.92 Å². The molecule has 0 amide bonds. The van der Waals surface area contributed by atoms with Gasteiger partial charge in [0.15, 0.2) is 0 Å². The Morgan fingerprint density at radius 2 is 2.25 bits per heavy atom. The number of carboxylic acid groups (broad SMARTS) is 1. The summed E-state index contributed by atoms with van der Waals surface area (Å²) in [6, 6.07) is 0. The van der Waals surface area contributed by atoms with E-state index in [1.807, 2.05) is 6.92 Å². The van der Waals surface area contributed by atoms with Gasteiger partial charge in [0.1, 0.15) is 0 Å². The molecule has 0 aliphatic heterocycles. The molecule has 0 bridgehead atoms. The van der Waals surface area contributed by atoms with E-state index in [0.29, 0.717) is 6.42 Å². The molecule has 0 fully saturated rings. The van der Waals surface area contributed by atoms with Crippen LogP contribution in [0.15, 0.2) is 18.4 Å². The van der Waals surface area contributed by atoms with Crippen molar-refractivity contribution in [3.63, 3.8) is 0 Å². The second kappa shape index (κ2) is 4.13. The molecule has 0 aromatic carbocycles. The van der Waals surface area contributed by atoms with Gasteiger partial charge in [0.05, 0.1) is 5.41 Å². The van der Waals surface area contributed by atoms with Crippen LogP contribution < -0.4 is 0 Å². The minimum atomic E-state index is -0.758. The molecule has 68 valence electrons. The molecular formula is C10H16O2. The number of aliphatic carboxylic acids is 1. The minimum absolute atomic E-state index is 0.216. The van der Waals surface area contributed by atoms with E-state index in [1.54, 1.807) is 19.9 Å². The first kappa shape index (κ1) is 11.0. The fourth-order valence-electron chi connectivity index (χ4n) is 1.15. The number of rotatable bonds is 4. The van der Waals surface area contributed by atoms with Crippen LogP contribution >= 0.6 is 0 Å². The summed E-state index contributed by atoms with van der Waals surface area (Å²) in [4.78, 5) is 10.7. The molecule has 0 aromatic heterocycles. The number of allylic oxidation sites excluding steroid dienone is 1. The van der Waals surface area contributed by atoms with Crippen molar-refractivity contribution in [2.75, 3.05) is 0 Å². The lowest BCUT2D eigenvalue weighted by molar-refractivity contribution is -0.147. The molecule has 1 N–H and O–H groups in total. The summed E-state index contributed by atoms with van der Waals surface area (Å²) in [5, 5.41) is 8.81. The lowest BCUT2D eigenvalue weighted by atomic mass is 9.83. The van der Waals surface area contributed by atoms with Crippen molar-refractivity contribution < 1.29 is 9.90 Å². The van der Waals surface area contributed by atoms with E-state index >= 15 is 0 Å². The Labute approximate surface area is 73.6 Å². The highest BCUT2D eigenvalue weighted by Gasteiger charge is 2.28. The van der Waals surface area contributed by atoms with Crippen molar-refractivity contribution in [3.05, 3.63) is 18.4 Å². The first-order valence-corrected chi connectivity index (χ1v) is 3.99. The summed E-state index contributed by atoms with van der Waals surface area (Å²) in [6.07, 6.45) is 2.41. The van der Waals surface area contributed by atoms with Crippen molar-refractivity contribution in [3.8, 4) is 0 Å². The maximum Gasteiger partial charge on any atom is 0.309 e. The summed E-state index contributed by atoms with van der Waals surface area (Å²) in [6.45, 7) is 8.86. The maximum atomic E-state index is 10.7. The topological polar surface area (TPSA) is 37.3 Å². The van der Waals surface area contributed by atoms with Gasteiger partial charge < -0.3 is 5.11 Å². The molecule has 0 radical (unpaired) electrons. The van der Waals surface area contributed by atoms with E-state index in [0.717, 1.165) is 0 Å². The monoisotopic (exact) mass is 168 g/mol. The van der Waals surface area contributed by atoms with Crippen LogP contribution in [0.3, 0.4) is 0 Å². The standard InChI is InChI=1S/C10H16O2/c1-5-6-8(2)7-10(3,4)9(11)12/h6,8H,1,7H2,2-4H3,(H,11,12). The largest absolute Gasteiger partial charge is 0.481 e.